The van der Waals surface area contributed by atoms with Gasteiger partial charge in [-0.2, -0.15) is 5.10 Å². The zero-order chi connectivity index (χ0) is 23.3. The molecule has 5 rings (SSSR count). The van der Waals surface area contributed by atoms with Crippen molar-refractivity contribution < 1.29 is 13.2 Å². The first kappa shape index (κ1) is 21.4. The molecular formula is C23H24F3N7. The van der Waals surface area contributed by atoms with Crippen molar-refractivity contribution in [2.45, 2.75) is 24.7 Å². The van der Waals surface area contributed by atoms with E-state index in [2.05, 4.69) is 15.0 Å². The van der Waals surface area contributed by atoms with Crippen molar-refractivity contribution in [1.29, 1.82) is 5.41 Å². The number of nitrogens with zero attached hydrogens (tertiary/aromatic N) is 5. The topological polar surface area (TPSA) is 87.1 Å². The third kappa shape index (κ3) is 3.95. The van der Waals surface area contributed by atoms with Gasteiger partial charge >= 0.3 is 0 Å². The molecule has 0 saturated carbocycles. The maximum absolute atomic E-state index is 14.4. The summed E-state index contributed by atoms with van der Waals surface area (Å²) in [5.41, 5.74) is 7.94. The Kier molecular flexibility index (Phi) is 5.32. The number of nitrogen functional groups attached to an aromatic ring is 1. The molecule has 0 amide bonds. The van der Waals surface area contributed by atoms with Crippen molar-refractivity contribution in [3.63, 3.8) is 0 Å². The molecular weight excluding hydrogens is 431 g/mol. The average Bonchev–Trinajstić information content (AvgIpc) is 3.40. The average molecular weight is 455 g/mol. The van der Waals surface area contributed by atoms with Gasteiger partial charge in [0.1, 0.15) is 29.5 Å². The monoisotopic (exact) mass is 455 g/mol. The molecule has 0 spiro atoms. The summed E-state index contributed by atoms with van der Waals surface area (Å²) in [6, 6.07) is 4.31. The lowest BCUT2D eigenvalue weighted by atomic mass is 10.0. The second kappa shape index (κ2) is 8.18. The van der Waals surface area contributed by atoms with Gasteiger partial charge in [-0.05, 0) is 31.3 Å². The van der Waals surface area contributed by atoms with E-state index in [0.29, 0.717) is 17.2 Å². The number of alkyl halides is 1. The van der Waals surface area contributed by atoms with Crippen LogP contribution in [-0.2, 0) is 0 Å². The van der Waals surface area contributed by atoms with Gasteiger partial charge in [0.15, 0.2) is 0 Å². The molecule has 4 heterocycles. The lowest BCUT2D eigenvalue weighted by molar-refractivity contribution is 0.130. The highest BCUT2D eigenvalue weighted by molar-refractivity contribution is 6.01. The summed E-state index contributed by atoms with van der Waals surface area (Å²) < 4.78 is 44.5. The second-order valence-electron chi connectivity index (χ2n) is 8.76. The first-order valence-electron chi connectivity index (χ1n) is 10.7. The fourth-order valence-electron chi connectivity index (χ4n) is 4.59. The summed E-state index contributed by atoms with van der Waals surface area (Å²) in [6.07, 6.45) is 3.94. The fourth-order valence-corrected chi connectivity index (χ4v) is 4.59. The van der Waals surface area contributed by atoms with Gasteiger partial charge in [-0.25, -0.2) is 18.2 Å². The Labute approximate surface area is 189 Å². The molecule has 2 saturated heterocycles. The zero-order valence-corrected chi connectivity index (χ0v) is 18.0. The summed E-state index contributed by atoms with van der Waals surface area (Å²) in [5.74, 6) is -1.22. The number of nitrogens with two attached hydrogens (primary N) is 1. The number of anilines is 1. The zero-order valence-electron chi connectivity index (χ0n) is 18.0. The van der Waals surface area contributed by atoms with Gasteiger partial charge in [-0.3, -0.25) is 10.1 Å². The molecule has 1 unspecified atom stereocenters. The van der Waals surface area contributed by atoms with Gasteiger partial charge in [0, 0.05) is 48.6 Å². The van der Waals surface area contributed by atoms with Gasteiger partial charge in [-0.15, -0.1) is 0 Å². The predicted octanol–water partition coefficient (Wildman–Crippen LogP) is 3.40. The van der Waals surface area contributed by atoms with Crippen LogP contribution in [0, 0.1) is 17.0 Å². The molecule has 2 aromatic heterocycles. The second-order valence-corrected chi connectivity index (χ2v) is 8.76. The van der Waals surface area contributed by atoms with Crippen molar-refractivity contribution in [2.24, 2.45) is 0 Å². The summed E-state index contributed by atoms with van der Waals surface area (Å²) >= 11 is 0. The van der Waals surface area contributed by atoms with E-state index in [9.17, 15) is 13.2 Å². The minimum absolute atomic E-state index is 0.0225. The molecule has 0 aliphatic carbocycles. The van der Waals surface area contributed by atoms with Crippen LogP contribution in [0.3, 0.4) is 0 Å². The van der Waals surface area contributed by atoms with Crippen LogP contribution in [0.2, 0.25) is 0 Å². The largest absolute Gasteiger partial charge is 0.383 e. The van der Waals surface area contributed by atoms with E-state index >= 15 is 0 Å². The van der Waals surface area contributed by atoms with Crippen LogP contribution in [0.25, 0.3) is 11.1 Å². The maximum atomic E-state index is 14.4. The van der Waals surface area contributed by atoms with Crippen molar-refractivity contribution in [3.05, 3.63) is 65.6 Å². The number of likely N-dealkylation sites (N-methyl/N-ethyl adjacent to an activating group) is 1. The number of hydrogen-bond acceptors (Lipinski definition) is 5. The Morgan fingerprint density at radius 2 is 1.91 bits per heavy atom. The number of rotatable bonds is 4. The van der Waals surface area contributed by atoms with Crippen LogP contribution >= 0.6 is 0 Å². The summed E-state index contributed by atoms with van der Waals surface area (Å²) in [7, 11) is 2.05. The SMILES string of the molecule is CN1CC(n2cc(-c3cnc(N)c(C(=N)N4CC(F)C[C@@H]4c4cc(F)ccc4F)c3)cn2)C1. The highest BCUT2D eigenvalue weighted by Gasteiger charge is 2.37. The van der Waals surface area contributed by atoms with Gasteiger partial charge in [0.05, 0.1) is 30.4 Å². The van der Waals surface area contributed by atoms with Crippen molar-refractivity contribution in [1.82, 2.24) is 24.6 Å². The van der Waals surface area contributed by atoms with Gasteiger partial charge in [0.25, 0.3) is 0 Å². The van der Waals surface area contributed by atoms with E-state index in [-0.39, 0.29) is 30.2 Å². The molecule has 2 aliphatic rings. The molecule has 0 radical (unpaired) electrons. The van der Waals surface area contributed by atoms with Crippen LogP contribution < -0.4 is 5.73 Å². The predicted molar refractivity (Wildman–Crippen MR) is 119 cm³/mol. The Balaban J connectivity index is 1.45. The quantitative estimate of drug-likeness (QED) is 0.465. The van der Waals surface area contributed by atoms with Gasteiger partial charge in [0.2, 0.25) is 0 Å². The van der Waals surface area contributed by atoms with E-state index in [1.807, 2.05) is 17.9 Å². The number of pyridine rings is 1. The summed E-state index contributed by atoms with van der Waals surface area (Å²) in [5, 5.41) is 13.2. The molecule has 10 heteroatoms. The minimum atomic E-state index is -1.28. The third-order valence-corrected chi connectivity index (χ3v) is 6.38. The smallest absolute Gasteiger partial charge is 0.134 e. The van der Waals surface area contributed by atoms with E-state index in [1.165, 1.54) is 4.90 Å². The lowest BCUT2D eigenvalue weighted by Crippen LogP contribution is -2.45. The van der Waals surface area contributed by atoms with Crippen LogP contribution in [0.5, 0.6) is 0 Å². The molecule has 7 nitrogen and oxygen atoms in total. The fraction of sp³-hybridized carbons (Fsp3) is 0.348. The molecule has 3 aromatic rings. The summed E-state index contributed by atoms with van der Waals surface area (Å²) in [6.45, 7) is 1.74. The molecule has 2 fully saturated rings. The standard InChI is InChI=1S/C23H24F3N7/c1-31-11-17(12-31)33-9-14(8-30-33)13-4-19(22(27)29-7-13)23(28)32-10-16(25)6-21(32)18-5-15(24)2-3-20(18)26/h2-5,7-9,16-17,21,28H,6,10-12H2,1H3,(H2,27,29)/t16?,21-/m1/s1. The van der Waals surface area contributed by atoms with Crippen molar-refractivity contribution in [3.8, 4) is 11.1 Å². The Morgan fingerprint density at radius 1 is 1.12 bits per heavy atom. The van der Waals surface area contributed by atoms with E-state index < -0.39 is 23.8 Å². The van der Waals surface area contributed by atoms with E-state index in [1.54, 1.807) is 18.5 Å². The normalized spacial score (nSPS) is 21.4. The maximum Gasteiger partial charge on any atom is 0.134 e. The Hall–Kier alpha value is -3.40. The highest BCUT2D eigenvalue weighted by atomic mass is 19.1. The Bertz CT molecular complexity index is 1200. The third-order valence-electron chi connectivity index (χ3n) is 6.38. The number of aromatic nitrogens is 3. The molecule has 0 bridgehead atoms. The van der Waals surface area contributed by atoms with Crippen LogP contribution in [0.15, 0.2) is 42.9 Å². The highest BCUT2D eigenvalue weighted by Crippen LogP contribution is 2.37. The first-order valence-corrected chi connectivity index (χ1v) is 10.7. The van der Waals surface area contributed by atoms with Crippen molar-refractivity contribution >= 4 is 11.7 Å². The lowest BCUT2D eigenvalue weighted by Gasteiger charge is -2.36. The number of hydrogen-bond donors (Lipinski definition) is 2. The van der Waals surface area contributed by atoms with Crippen LogP contribution in [0.1, 0.15) is 29.6 Å². The van der Waals surface area contributed by atoms with E-state index in [0.717, 1.165) is 36.9 Å². The first-order chi connectivity index (χ1) is 15.8. The van der Waals surface area contributed by atoms with Crippen molar-refractivity contribution in [2.75, 3.05) is 32.4 Å². The number of benzene rings is 1. The molecule has 2 aliphatic heterocycles. The van der Waals surface area contributed by atoms with Crippen LogP contribution in [0.4, 0.5) is 19.0 Å². The number of nitrogens with one attached hydrogen (secondary N) is 1. The van der Waals surface area contributed by atoms with Crippen LogP contribution in [-0.4, -0.2) is 63.3 Å². The number of halogens is 3. The minimum Gasteiger partial charge on any atom is -0.383 e. The number of likely N-dealkylation sites (tertiary alicyclic amines) is 2. The van der Waals surface area contributed by atoms with Gasteiger partial charge in [-0.1, -0.05) is 0 Å². The molecule has 1 aromatic carbocycles. The molecule has 172 valence electrons. The Morgan fingerprint density at radius 3 is 2.67 bits per heavy atom. The van der Waals surface area contributed by atoms with E-state index in [4.69, 9.17) is 11.1 Å². The molecule has 3 N–H and O–H groups in total. The van der Waals surface area contributed by atoms with Gasteiger partial charge < -0.3 is 15.5 Å². The molecule has 2 atom stereocenters. The summed E-state index contributed by atoms with van der Waals surface area (Å²) in [4.78, 5) is 7.85. The molecule has 33 heavy (non-hydrogen) atoms. The number of amidine groups is 1.